The Kier molecular flexibility index (Phi) is 5.13. The molecule has 102 valence electrons. The lowest BCUT2D eigenvalue weighted by atomic mass is 10.4. The Morgan fingerprint density at radius 1 is 1.39 bits per heavy atom. The maximum atomic E-state index is 11.4. The van der Waals surface area contributed by atoms with Crippen LogP contribution in [0.3, 0.4) is 0 Å². The van der Waals surface area contributed by atoms with E-state index in [-0.39, 0.29) is 5.09 Å². The van der Waals surface area contributed by atoms with Gasteiger partial charge in [-0.05, 0) is 19.2 Å². The molecule has 0 atom stereocenters. The van der Waals surface area contributed by atoms with E-state index >= 15 is 0 Å². The van der Waals surface area contributed by atoms with Crippen molar-refractivity contribution in [2.75, 3.05) is 20.1 Å². The smallest absolute Gasteiger partial charge is 0.312 e. The van der Waals surface area contributed by atoms with Gasteiger partial charge in [0, 0.05) is 13.1 Å². The maximum Gasteiger partial charge on any atom is 0.312 e. The Morgan fingerprint density at radius 2 is 2.11 bits per heavy atom. The number of urea groups is 1. The third-order valence-corrected chi connectivity index (χ3v) is 3.36. The molecule has 0 spiro atoms. The Balaban J connectivity index is 2.39. The van der Waals surface area contributed by atoms with Gasteiger partial charge in [0.25, 0.3) is 10.0 Å². The summed E-state index contributed by atoms with van der Waals surface area (Å²) in [5, 5.41) is 5.24. The van der Waals surface area contributed by atoms with Crippen molar-refractivity contribution in [2.45, 2.75) is 11.6 Å². The van der Waals surface area contributed by atoms with E-state index in [0.717, 1.165) is 0 Å². The van der Waals surface area contributed by atoms with Crippen LogP contribution in [-0.4, -0.2) is 34.6 Å². The van der Waals surface area contributed by atoms with Crippen LogP contribution in [0.2, 0.25) is 0 Å². The van der Waals surface area contributed by atoms with Crippen LogP contribution in [0.1, 0.15) is 5.76 Å². The average Bonchev–Trinajstić information content (AvgIpc) is 2.77. The molecule has 9 heteroatoms. The van der Waals surface area contributed by atoms with Gasteiger partial charge in [0.05, 0.1) is 6.54 Å². The lowest BCUT2D eigenvalue weighted by Crippen LogP contribution is -2.35. The number of hydrogen-bond acceptors (Lipinski definition) is 5. The molecule has 1 aromatic rings. The zero-order valence-corrected chi connectivity index (χ0v) is 10.7. The van der Waals surface area contributed by atoms with Gasteiger partial charge in [0.15, 0.2) is 0 Å². The van der Waals surface area contributed by atoms with Crippen LogP contribution >= 0.6 is 0 Å². The van der Waals surface area contributed by atoms with Gasteiger partial charge in [-0.2, -0.15) is 0 Å². The largest absolute Gasteiger partial charge is 0.447 e. The van der Waals surface area contributed by atoms with E-state index in [4.69, 9.17) is 10.2 Å². The molecular weight excluding hydrogens is 260 g/mol. The fourth-order valence-corrected chi connectivity index (χ4v) is 1.85. The van der Waals surface area contributed by atoms with E-state index in [1.165, 1.54) is 13.1 Å². The fourth-order valence-electron chi connectivity index (χ4n) is 1.18. The minimum atomic E-state index is -3.54. The number of amides is 2. The number of hydrogen-bond donors (Lipinski definition) is 4. The SMILES string of the molecule is CNS(=O)(=O)c1ccc(CNCCNC(N)=O)o1. The highest BCUT2D eigenvalue weighted by Crippen LogP contribution is 2.12. The number of rotatable bonds is 7. The fraction of sp³-hybridized carbons (Fsp3) is 0.444. The zero-order chi connectivity index (χ0) is 13.6. The summed E-state index contributed by atoms with van der Waals surface area (Å²) in [5.41, 5.74) is 4.88. The van der Waals surface area contributed by atoms with Crippen LogP contribution in [0.15, 0.2) is 21.6 Å². The van der Waals surface area contributed by atoms with Crippen LogP contribution < -0.4 is 21.1 Å². The first-order valence-corrected chi connectivity index (χ1v) is 6.70. The van der Waals surface area contributed by atoms with E-state index in [1.54, 1.807) is 6.07 Å². The number of nitrogens with one attached hydrogen (secondary N) is 3. The molecule has 0 saturated carbocycles. The quantitative estimate of drug-likeness (QED) is 0.472. The molecule has 0 aliphatic rings. The van der Waals surface area contributed by atoms with Crippen LogP contribution in [0.5, 0.6) is 0 Å². The van der Waals surface area contributed by atoms with Crippen molar-refractivity contribution in [1.29, 1.82) is 0 Å². The van der Waals surface area contributed by atoms with E-state index in [1.807, 2.05) is 0 Å². The first-order chi connectivity index (χ1) is 8.45. The summed E-state index contributed by atoms with van der Waals surface area (Å²) >= 11 is 0. The molecule has 0 saturated heterocycles. The van der Waals surface area contributed by atoms with Gasteiger partial charge in [0.1, 0.15) is 5.76 Å². The van der Waals surface area contributed by atoms with Gasteiger partial charge >= 0.3 is 6.03 Å². The van der Waals surface area contributed by atoms with Crippen molar-refractivity contribution >= 4 is 16.1 Å². The zero-order valence-electron chi connectivity index (χ0n) is 9.89. The topological polar surface area (TPSA) is 126 Å². The summed E-state index contributed by atoms with van der Waals surface area (Å²) < 4.78 is 30.1. The van der Waals surface area contributed by atoms with Gasteiger partial charge in [0.2, 0.25) is 5.09 Å². The van der Waals surface area contributed by atoms with Gasteiger partial charge in [-0.1, -0.05) is 0 Å². The molecule has 18 heavy (non-hydrogen) atoms. The Hall–Kier alpha value is -1.58. The molecule has 5 N–H and O–H groups in total. The molecule has 0 fully saturated rings. The van der Waals surface area contributed by atoms with Crippen molar-refractivity contribution in [1.82, 2.24) is 15.4 Å². The van der Waals surface area contributed by atoms with E-state index < -0.39 is 16.1 Å². The molecule has 0 aliphatic carbocycles. The second kappa shape index (κ2) is 6.38. The first kappa shape index (κ1) is 14.5. The lowest BCUT2D eigenvalue weighted by molar-refractivity contribution is 0.249. The van der Waals surface area contributed by atoms with E-state index in [2.05, 4.69) is 15.4 Å². The minimum Gasteiger partial charge on any atom is -0.447 e. The van der Waals surface area contributed by atoms with Crippen LogP contribution in [0.25, 0.3) is 0 Å². The summed E-state index contributed by atoms with van der Waals surface area (Å²) in [5.74, 6) is 0.489. The summed E-state index contributed by atoms with van der Waals surface area (Å²) in [7, 11) is -2.23. The molecule has 0 unspecified atom stereocenters. The Labute approximate surface area is 105 Å². The number of carbonyl (C=O) groups is 1. The van der Waals surface area contributed by atoms with Crippen molar-refractivity contribution in [3.63, 3.8) is 0 Å². The van der Waals surface area contributed by atoms with Gasteiger partial charge in [-0.15, -0.1) is 0 Å². The van der Waals surface area contributed by atoms with Crippen molar-refractivity contribution in [3.8, 4) is 0 Å². The molecule has 1 aromatic heterocycles. The van der Waals surface area contributed by atoms with Crippen molar-refractivity contribution in [3.05, 3.63) is 17.9 Å². The molecule has 0 aliphatic heterocycles. The molecule has 1 heterocycles. The van der Waals surface area contributed by atoms with Crippen molar-refractivity contribution < 1.29 is 17.6 Å². The highest BCUT2D eigenvalue weighted by molar-refractivity contribution is 7.89. The lowest BCUT2D eigenvalue weighted by Gasteiger charge is -2.03. The van der Waals surface area contributed by atoms with Crippen LogP contribution in [-0.2, 0) is 16.6 Å². The monoisotopic (exact) mass is 276 g/mol. The molecule has 2 amide bonds. The standard InChI is InChI=1S/C9H16N4O4S/c1-11-18(15,16)8-3-2-7(17-8)6-12-4-5-13-9(10)14/h2-3,11-12H,4-6H2,1H3,(H3,10,13,14). The third-order valence-electron chi connectivity index (χ3n) is 2.07. The summed E-state index contributed by atoms with van der Waals surface area (Å²) in [6.45, 7) is 1.25. The predicted molar refractivity (Wildman–Crippen MR) is 64.2 cm³/mol. The van der Waals surface area contributed by atoms with E-state index in [9.17, 15) is 13.2 Å². The maximum absolute atomic E-state index is 11.4. The second-order valence-corrected chi connectivity index (χ2v) is 5.21. The van der Waals surface area contributed by atoms with Crippen molar-refractivity contribution in [2.24, 2.45) is 5.73 Å². The average molecular weight is 276 g/mol. The second-order valence-electron chi connectivity index (χ2n) is 3.40. The summed E-state index contributed by atoms with van der Waals surface area (Å²) in [4.78, 5) is 10.4. The van der Waals surface area contributed by atoms with E-state index in [0.29, 0.717) is 25.4 Å². The normalized spacial score (nSPS) is 11.4. The molecule has 0 bridgehead atoms. The molecule has 1 rings (SSSR count). The molecular formula is C9H16N4O4S. The van der Waals surface area contributed by atoms with Crippen LogP contribution in [0.4, 0.5) is 4.79 Å². The summed E-state index contributed by atoms with van der Waals surface area (Å²) in [6.07, 6.45) is 0. The number of carbonyl (C=O) groups excluding carboxylic acids is 1. The Bertz CT molecular complexity index is 496. The highest BCUT2D eigenvalue weighted by Gasteiger charge is 2.15. The first-order valence-electron chi connectivity index (χ1n) is 5.22. The number of furan rings is 1. The molecule has 0 aromatic carbocycles. The molecule has 0 radical (unpaired) electrons. The van der Waals surface area contributed by atoms with Gasteiger partial charge < -0.3 is 20.8 Å². The number of primary amides is 1. The van der Waals surface area contributed by atoms with Gasteiger partial charge in [-0.3, -0.25) is 0 Å². The number of nitrogens with two attached hydrogens (primary N) is 1. The van der Waals surface area contributed by atoms with Gasteiger partial charge in [-0.25, -0.2) is 17.9 Å². The highest BCUT2D eigenvalue weighted by atomic mass is 32.2. The van der Waals surface area contributed by atoms with Crippen LogP contribution in [0, 0.1) is 0 Å². The minimum absolute atomic E-state index is 0.128. The predicted octanol–water partition coefficient (Wildman–Crippen LogP) is -1.05. The number of sulfonamides is 1. The molecule has 8 nitrogen and oxygen atoms in total. The third kappa shape index (κ3) is 4.35. The summed E-state index contributed by atoms with van der Waals surface area (Å²) in [6, 6.07) is 2.36. The Morgan fingerprint density at radius 3 is 2.72 bits per heavy atom.